The van der Waals surface area contributed by atoms with Gasteiger partial charge < -0.3 is 0 Å². The summed E-state index contributed by atoms with van der Waals surface area (Å²) in [5.74, 6) is 2.69. The first-order valence-electron chi connectivity index (χ1n) is 4.24. The highest BCUT2D eigenvalue weighted by Crippen LogP contribution is 2.17. The van der Waals surface area contributed by atoms with Crippen LogP contribution < -0.4 is 4.72 Å². The van der Waals surface area contributed by atoms with Crippen LogP contribution in [0.25, 0.3) is 0 Å². The summed E-state index contributed by atoms with van der Waals surface area (Å²) >= 11 is 0. The second kappa shape index (κ2) is 4.09. The second-order valence-corrected chi connectivity index (χ2v) is 5.04. The van der Waals surface area contributed by atoms with Crippen molar-refractivity contribution in [3.63, 3.8) is 0 Å². The van der Waals surface area contributed by atoms with Crippen LogP contribution in [0.15, 0.2) is 0 Å². The molecular weight excluding hydrogens is 188 g/mol. The minimum atomic E-state index is -3.31. The summed E-state index contributed by atoms with van der Waals surface area (Å²) < 4.78 is 26.7. The highest BCUT2D eigenvalue weighted by molar-refractivity contribution is 7.87. The Hall–Kier alpha value is -0.570. The predicted molar refractivity (Wildman–Crippen MR) is 51.1 cm³/mol. The van der Waals surface area contributed by atoms with E-state index in [0.29, 0.717) is 19.0 Å². The molecule has 1 fully saturated rings. The van der Waals surface area contributed by atoms with Gasteiger partial charge in [0, 0.05) is 13.1 Å². The van der Waals surface area contributed by atoms with Crippen LogP contribution in [0.1, 0.15) is 13.3 Å². The zero-order valence-corrected chi connectivity index (χ0v) is 8.47. The smallest absolute Gasteiger partial charge is 0.195 e. The highest BCUT2D eigenvalue weighted by Gasteiger charge is 2.28. The second-order valence-electron chi connectivity index (χ2n) is 3.28. The average Bonchev–Trinajstić information content (AvgIpc) is 2.49. The molecule has 0 spiro atoms. The quantitative estimate of drug-likeness (QED) is 0.644. The molecule has 1 atom stereocenters. The van der Waals surface area contributed by atoms with Gasteiger partial charge in [0.2, 0.25) is 0 Å². The molecule has 1 N–H and O–H groups in total. The summed E-state index contributed by atoms with van der Waals surface area (Å²) in [6.45, 7) is 3.30. The van der Waals surface area contributed by atoms with Gasteiger partial charge in [-0.2, -0.15) is 17.4 Å². The van der Waals surface area contributed by atoms with Gasteiger partial charge in [-0.25, -0.2) is 0 Å². The predicted octanol–water partition coefficient (Wildman–Crippen LogP) is -0.204. The minimum absolute atomic E-state index is 0.0627. The third kappa shape index (κ3) is 2.69. The molecule has 0 bridgehead atoms. The first-order chi connectivity index (χ1) is 6.06. The summed E-state index contributed by atoms with van der Waals surface area (Å²) in [5.41, 5.74) is 0. The SMILES string of the molecule is C#CCNS(=O)(=O)N1CCC(C)C1. The van der Waals surface area contributed by atoms with Crippen LogP contribution in [0.3, 0.4) is 0 Å². The van der Waals surface area contributed by atoms with Gasteiger partial charge >= 0.3 is 0 Å². The lowest BCUT2D eigenvalue weighted by Gasteiger charge is -2.15. The molecule has 1 aliphatic heterocycles. The molecule has 0 aromatic rings. The molecule has 5 heteroatoms. The van der Waals surface area contributed by atoms with Crippen molar-refractivity contribution in [1.82, 2.24) is 9.03 Å². The molecule has 1 aliphatic rings. The number of nitrogens with zero attached hydrogens (tertiary/aromatic N) is 1. The Bertz CT molecular complexity index is 305. The number of hydrogen-bond donors (Lipinski definition) is 1. The van der Waals surface area contributed by atoms with Gasteiger partial charge in [0.1, 0.15) is 0 Å². The Balaban J connectivity index is 2.56. The number of hydrogen-bond acceptors (Lipinski definition) is 2. The Kier molecular flexibility index (Phi) is 3.31. The average molecular weight is 202 g/mol. The molecular formula is C8H14N2O2S. The van der Waals surface area contributed by atoms with Crippen LogP contribution in [0.2, 0.25) is 0 Å². The molecule has 1 unspecified atom stereocenters. The Morgan fingerprint density at radius 1 is 1.69 bits per heavy atom. The molecule has 13 heavy (non-hydrogen) atoms. The molecule has 0 saturated carbocycles. The van der Waals surface area contributed by atoms with Crippen molar-refractivity contribution in [3.8, 4) is 12.3 Å². The van der Waals surface area contributed by atoms with Crippen molar-refractivity contribution >= 4 is 10.2 Å². The van der Waals surface area contributed by atoms with Crippen molar-refractivity contribution in [2.75, 3.05) is 19.6 Å². The molecule has 0 aliphatic carbocycles. The lowest BCUT2D eigenvalue weighted by Crippen LogP contribution is -2.39. The van der Waals surface area contributed by atoms with Gasteiger partial charge in [-0.1, -0.05) is 12.8 Å². The molecule has 0 radical (unpaired) electrons. The third-order valence-corrected chi connectivity index (χ3v) is 3.60. The topological polar surface area (TPSA) is 49.4 Å². The van der Waals surface area contributed by atoms with Gasteiger partial charge in [0.15, 0.2) is 0 Å². The lowest BCUT2D eigenvalue weighted by atomic mass is 10.2. The van der Waals surface area contributed by atoms with Crippen LogP contribution >= 0.6 is 0 Å². The Morgan fingerprint density at radius 3 is 2.85 bits per heavy atom. The van der Waals surface area contributed by atoms with Gasteiger partial charge in [0.05, 0.1) is 6.54 Å². The maximum atomic E-state index is 11.5. The van der Waals surface area contributed by atoms with E-state index < -0.39 is 10.2 Å². The maximum Gasteiger partial charge on any atom is 0.280 e. The zero-order valence-electron chi connectivity index (χ0n) is 7.66. The molecule has 1 heterocycles. The van der Waals surface area contributed by atoms with Gasteiger partial charge in [-0.3, -0.25) is 0 Å². The monoisotopic (exact) mass is 202 g/mol. The van der Waals surface area contributed by atoms with Gasteiger partial charge in [0.25, 0.3) is 10.2 Å². The summed E-state index contributed by atoms with van der Waals surface area (Å²) in [5, 5.41) is 0. The Morgan fingerprint density at radius 2 is 2.38 bits per heavy atom. The zero-order chi connectivity index (χ0) is 9.90. The number of terminal acetylenes is 1. The summed E-state index contributed by atoms with van der Waals surface area (Å²) in [6.07, 6.45) is 5.89. The molecule has 74 valence electrons. The summed E-state index contributed by atoms with van der Waals surface area (Å²) in [7, 11) is -3.31. The number of rotatable bonds is 3. The van der Waals surface area contributed by atoms with Gasteiger partial charge in [-0.05, 0) is 12.3 Å². The standard InChI is InChI=1S/C8H14N2O2S/c1-3-5-9-13(11,12)10-6-4-8(2)7-10/h1,8-9H,4-7H2,2H3. The van der Waals surface area contributed by atoms with Crippen LogP contribution in [-0.2, 0) is 10.2 Å². The molecule has 4 nitrogen and oxygen atoms in total. The van der Waals surface area contributed by atoms with E-state index in [1.165, 1.54) is 4.31 Å². The summed E-state index contributed by atoms with van der Waals surface area (Å²) in [6, 6.07) is 0. The largest absolute Gasteiger partial charge is 0.280 e. The lowest BCUT2D eigenvalue weighted by molar-refractivity contribution is 0.456. The van der Waals surface area contributed by atoms with E-state index in [0.717, 1.165) is 6.42 Å². The normalized spacial score (nSPS) is 24.5. The van der Waals surface area contributed by atoms with Crippen molar-refractivity contribution in [2.45, 2.75) is 13.3 Å². The molecule has 0 amide bonds. The van der Waals surface area contributed by atoms with Crippen molar-refractivity contribution in [3.05, 3.63) is 0 Å². The van der Waals surface area contributed by atoms with E-state index in [4.69, 9.17) is 6.42 Å². The molecule has 0 aromatic heterocycles. The molecule has 0 aromatic carbocycles. The van der Waals surface area contributed by atoms with E-state index >= 15 is 0 Å². The van der Waals surface area contributed by atoms with Crippen LogP contribution in [-0.4, -0.2) is 32.4 Å². The van der Waals surface area contributed by atoms with Crippen LogP contribution in [0.4, 0.5) is 0 Å². The Labute approximate surface area is 79.5 Å². The van der Waals surface area contributed by atoms with Crippen LogP contribution in [0.5, 0.6) is 0 Å². The molecule has 1 saturated heterocycles. The maximum absolute atomic E-state index is 11.5. The van der Waals surface area contributed by atoms with E-state index in [9.17, 15) is 8.42 Å². The molecule has 1 rings (SSSR count). The fourth-order valence-electron chi connectivity index (χ4n) is 1.34. The van der Waals surface area contributed by atoms with Crippen molar-refractivity contribution in [1.29, 1.82) is 0 Å². The first kappa shape index (κ1) is 10.5. The third-order valence-electron chi connectivity index (χ3n) is 2.08. The van der Waals surface area contributed by atoms with E-state index in [1.54, 1.807) is 0 Å². The van der Waals surface area contributed by atoms with Gasteiger partial charge in [-0.15, -0.1) is 6.42 Å². The first-order valence-corrected chi connectivity index (χ1v) is 5.68. The van der Waals surface area contributed by atoms with E-state index in [-0.39, 0.29) is 6.54 Å². The highest BCUT2D eigenvalue weighted by atomic mass is 32.2. The van der Waals surface area contributed by atoms with E-state index in [1.807, 2.05) is 6.92 Å². The van der Waals surface area contributed by atoms with Crippen LogP contribution in [0, 0.1) is 18.3 Å². The van der Waals surface area contributed by atoms with Crippen molar-refractivity contribution < 1.29 is 8.42 Å². The fourth-order valence-corrected chi connectivity index (χ4v) is 2.58. The number of nitrogens with one attached hydrogen (secondary N) is 1. The van der Waals surface area contributed by atoms with E-state index in [2.05, 4.69) is 10.6 Å². The van der Waals surface area contributed by atoms with Crippen molar-refractivity contribution in [2.24, 2.45) is 5.92 Å². The fraction of sp³-hybridized carbons (Fsp3) is 0.750. The summed E-state index contributed by atoms with van der Waals surface area (Å²) in [4.78, 5) is 0. The minimum Gasteiger partial charge on any atom is -0.195 e.